The van der Waals surface area contributed by atoms with Crippen LogP contribution >= 0.6 is 0 Å². The number of rotatable bonds is 5. The minimum atomic E-state index is -1.06. The molecular weight excluding hydrogens is 296 g/mol. The molecule has 3 rings (SSSR count). The number of carboxylic acids is 1. The molecule has 1 aromatic carbocycles. The number of nitrogens with zero attached hydrogens (tertiary/aromatic N) is 2. The lowest BCUT2D eigenvalue weighted by Crippen LogP contribution is -2.03. The number of ether oxygens (including phenoxy) is 2. The molecule has 3 aromatic rings. The Morgan fingerprint density at radius 2 is 1.96 bits per heavy atom. The third-order valence-electron chi connectivity index (χ3n) is 3.49. The van der Waals surface area contributed by atoms with Gasteiger partial charge < -0.3 is 14.6 Å². The van der Waals surface area contributed by atoms with Crippen molar-refractivity contribution in [1.82, 2.24) is 9.38 Å². The molecule has 23 heavy (non-hydrogen) atoms. The Labute approximate surface area is 132 Å². The Balaban J connectivity index is 1.96. The number of aromatic carboxylic acids is 1. The summed E-state index contributed by atoms with van der Waals surface area (Å²) in [5.41, 5.74) is 1.57. The maximum atomic E-state index is 11.4. The van der Waals surface area contributed by atoms with Gasteiger partial charge in [0.15, 0.2) is 23.0 Å². The van der Waals surface area contributed by atoms with E-state index in [0.717, 1.165) is 5.56 Å². The summed E-state index contributed by atoms with van der Waals surface area (Å²) in [6.45, 7) is 2.07. The molecule has 0 atom stereocenters. The second-order valence-corrected chi connectivity index (χ2v) is 5.08. The topological polar surface area (TPSA) is 73.1 Å². The smallest absolute Gasteiger partial charge is 0.356 e. The van der Waals surface area contributed by atoms with Crippen LogP contribution in [0.1, 0.15) is 21.9 Å². The fraction of sp³-hybridized carbons (Fsp3) is 0.176. The Hall–Kier alpha value is -3.02. The summed E-state index contributed by atoms with van der Waals surface area (Å²) in [4.78, 5) is 15.5. The molecule has 0 aliphatic heterocycles. The molecule has 118 valence electrons. The van der Waals surface area contributed by atoms with Crippen molar-refractivity contribution in [3.8, 4) is 11.5 Å². The summed E-state index contributed by atoms with van der Waals surface area (Å²) in [5.74, 6) is 0.654. The number of carboxylic acid groups (broad SMARTS) is 1. The third-order valence-corrected chi connectivity index (χ3v) is 3.49. The predicted molar refractivity (Wildman–Crippen MR) is 84.2 cm³/mol. The number of methoxy groups -OCH3 is 1. The molecule has 0 amide bonds. The minimum Gasteiger partial charge on any atom is -0.493 e. The van der Waals surface area contributed by atoms with Crippen LogP contribution in [0.4, 0.5) is 0 Å². The largest absolute Gasteiger partial charge is 0.493 e. The van der Waals surface area contributed by atoms with Crippen LogP contribution in [0.2, 0.25) is 0 Å². The maximum Gasteiger partial charge on any atom is 0.356 e. The molecule has 2 aromatic heterocycles. The van der Waals surface area contributed by atoms with Gasteiger partial charge in [-0.15, -0.1) is 0 Å². The number of aromatic nitrogens is 2. The van der Waals surface area contributed by atoms with Gasteiger partial charge in [-0.3, -0.25) is 4.40 Å². The van der Waals surface area contributed by atoms with Crippen LogP contribution in [0.5, 0.6) is 11.5 Å². The van der Waals surface area contributed by atoms with Crippen molar-refractivity contribution in [2.24, 2.45) is 0 Å². The SMILES string of the molecule is COc1ccccc1OCc1nc(C(=O)O)c2ccc(C)cn12. The van der Waals surface area contributed by atoms with Crippen LogP contribution in [-0.4, -0.2) is 27.6 Å². The van der Waals surface area contributed by atoms with E-state index >= 15 is 0 Å². The van der Waals surface area contributed by atoms with Crippen molar-refractivity contribution < 1.29 is 19.4 Å². The molecule has 6 heteroatoms. The monoisotopic (exact) mass is 312 g/mol. The van der Waals surface area contributed by atoms with E-state index in [-0.39, 0.29) is 12.3 Å². The number of carbonyl (C=O) groups is 1. The first-order chi connectivity index (χ1) is 11.1. The van der Waals surface area contributed by atoms with E-state index in [1.54, 1.807) is 29.7 Å². The van der Waals surface area contributed by atoms with Gasteiger partial charge in [-0.2, -0.15) is 0 Å². The lowest BCUT2D eigenvalue weighted by atomic mass is 10.2. The van der Waals surface area contributed by atoms with E-state index in [1.165, 1.54) is 0 Å². The number of pyridine rings is 1. The predicted octanol–water partition coefficient (Wildman–Crippen LogP) is 2.93. The summed E-state index contributed by atoms with van der Waals surface area (Å²) in [5, 5.41) is 9.30. The van der Waals surface area contributed by atoms with Crippen LogP contribution in [0, 0.1) is 6.92 Å². The average molecular weight is 312 g/mol. The quantitative estimate of drug-likeness (QED) is 0.784. The van der Waals surface area contributed by atoms with Crippen molar-refractivity contribution in [2.45, 2.75) is 13.5 Å². The van der Waals surface area contributed by atoms with Crippen LogP contribution in [0.3, 0.4) is 0 Å². The number of hydrogen-bond acceptors (Lipinski definition) is 4. The first-order valence-corrected chi connectivity index (χ1v) is 7.07. The van der Waals surface area contributed by atoms with E-state index < -0.39 is 5.97 Å². The average Bonchev–Trinajstić information content (AvgIpc) is 2.91. The molecule has 0 saturated heterocycles. The zero-order valence-corrected chi connectivity index (χ0v) is 12.8. The number of fused-ring (bicyclic) bond motifs is 1. The van der Waals surface area contributed by atoms with Gasteiger partial charge in [0.2, 0.25) is 0 Å². The highest BCUT2D eigenvalue weighted by Crippen LogP contribution is 2.27. The summed E-state index contributed by atoms with van der Waals surface area (Å²) in [7, 11) is 1.57. The molecule has 0 fully saturated rings. The summed E-state index contributed by atoms with van der Waals surface area (Å²) >= 11 is 0. The Morgan fingerprint density at radius 1 is 1.22 bits per heavy atom. The molecule has 0 spiro atoms. The van der Waals surface area contributed by atoms with Gasteiger partial charge in [0.05, 0.1) is 12.6 Å². The summed E-state index contributed by atoms with van der Waals surface area (Å²) < 4.78 is 12.7. The van der Waals surface area contributed by atoms with Crippen molar-refractivity contribution in [2.75, 3.05) is 7.11 Å². The summed E-state index contributed by atoms with van der Waals surface area (Å²) in [6.07, 6.45) is 1.84. The van der Waals surface area contributed by atoms with Crippen molar-refractivity contribution in [3.63, 3.8) is 0 Å². The lowest BCUT2D eigenvalue weighted by Gasteiger charge is -2.09. The maximum absolute atomic E-state index is 11.4. The summed E-state index contributed by atoms with van der Waals surface area (Å²) in [6, 6.07) is 10.9. The molecular formula is C17H16N2O4. The van der Waals surface area contributed by atoms with Crippen LogP contribution < -0.4 is 9.47 Å². The van der Waals surface area contributed by atoms with E-state index in [9.17, 15) is 9.90 Å². The van der Waals surface area contributed by atoms with Crippen LogP contribution in [0.25, 0.3) is 5.52 Å². The van der Waals surface area contributed by atoms with Gasteiger partial charge in [-0.05, 0) is 30.7 Å². The second-order valence-electron chi connectivity index (χ2n) is 5.08. The Kier molecular flexibility index (Phi) is 3.89. The van der Waals surface area contributed by atoms with Crippen LogP contribution in [-0.2, 0) is 6.61 Å². The normalized spacial score (nSPS) is 10.7. The van der Waals surface area contributed by atoms with Crippen molar-refractivity contribution in [1.29, 1.82) is 0 Å². The third kappa shape index (κ3) is 2.83. The van der Waals surface area contributed by atoms with E-state index in [1.807, 2.05) is 31.3 Å². The van der Waals surface area contributed by atoms with Crippen molar-refractivity contribution >= 4 is 11.5 Å². The Morgan fingerprint density at radius 3 is 2.65 bits per heavy atom. The zero-order chi connectivity index (χ0) is 16.4. The fourth-order valence-electron chi connectivity index (χ4n) is 2.39. The van der Waals surface area contributed by atoms with E-state index in [2.05, 4.69) is 4.98 Å². The first kappa shape index (κ1) is 14.9. The lowest BCUT2D eigenvalue weighted by molar-refractivity contribution is 0.0693. The number of benzene rings is 1. The van der Waals surface area contributed by atoms with Gasteiger partial charge in [-0.1, -0.05) is 18.2 Å². The first-order valence-electron chi connectivity index (χ1n) is 7.07. The molecule has 1 N–H and O–H groups in total. The number of imidazole rings is 1. The molecule has 0 bridgehead atoms. The van der Waals surface area contributed by atoms with E-state index in [4.69, 9.17) is 9.47 Å². The fourth-order valence-corrected chi connectivity index (χ4v) is 2.39. The highest BCUT2D eigenvalue weighted by molar-refractivity contribution is 5.93. The van der Waals surface area contributed by atoms with Gasteiger partial charge >= 0.3 is 5.97 Å². The molecule has 0 saturated carbocycles. The van der Waals surface area contributed by atoms with Gasteiger partial charge in [-0.25, -0.2) is 9.78 Å². The highest BCUT2D eigenvalue weighted by atomic mass is 16.5. The highest BCUT2D eigenvalue weighted by Gasteiger charge is 2.17. The molecule has 0 aliphatic rings. The van der Waals surface area contributed by atoms with Crippen LogP contribution in [0.15, 0.2) is 42.6 Å². The van der Waals surface area contributed by atoms with Gasteiger partial charge in [0, 0.05) is 6.20 Å². The molecule has 0 unspecified atom stereocenters. The standard InChI is InChI=1S/C17H16N2O4/c1-11-7-8-12-16(17(20)21)18-15(19(12)9-11)10-23-14-6-4-3-5-13(14)22-2/h3-9H,10H2,1-2H3,(H,20,21). The molecule has 2 heterocycles. The molecule has 6 nitrogen and oxygen atoms in total. The number of hydrogen-bond donors (Lipinski definition) is 1. The van der Waals surface area contributed by atoms with Gasteiger partial charge in [0.1, 0.15) is 6.61 Å². The van der Waals surface area contributed by atoms with Gasteiger partial charge in [0.25, 0.3) is 0 Å². The Bertz CT molecular complexity index is 870. The molecule has 0 radical (unpaired) electrons. The number of aryl methyl sites for hydroxylation is 1. The second kappa shape index (κ2) is 6.00. The zero-order valence-electron chi connectivity index (χ0n) is 12.8. The molecule has 0 aliphatic carbocycles. The number of para-hydroxylation sites is 2. The van der Waals surface area contributed by atoms with Crippen molar-refractivity contribution in [3.05, 3.63) is 59.7 Å². The van der Waals surface area contributed by atoms with E-state index in [0.29, 0.717) is 22.8 Å². The minimum absolute atomic E-state index is 0.0172.